The molecule has 0 spiro atoms. The van der Waals surface area contributed by atoms with Gasteiger partial charge in [-0.3, -0.25) is 19.2 Å². The maximum atomic E-state index is 14.5. The zero-order valence-electron chi connectivity index (χ0n) is 39.6. The fraction of sp³-hybridized carbons (Fsp3) is 0.653. The summed E-state index contributed by atoms with van der Waals surface area (Å²) in [4.78, 5) is 54.5. The second-order valence-electron chi connectivity index (χ2n) is 15.7. The van der Waals surface area contributed by atoms with E-state index in [1.54, 1.807) is 24.3 Å². The number of carbonyl (C=O) groups excluding carboxylic acids is 4. The highest BCUT2D eigenvalue weighted by Gasteiger charge is 2.35. The number of nitrogens with one attached hydrogen (secondary N) is 2. The van der Waals surface area contributed by atoms with E-state index in [9.17, 15) is 19.2 Å². The average Bonchev–Trinajstić information content (AvgIpc) is 3.29. The van der Waals surface area contributed by atoms with Gasteiger partial charge in [0.2, 0.25) is 11.8 Å². The lowest BCUT2D eigenvalue weighted by atomic mass is 9.70. The Bertz CT molecular complexity index is 1580. The van der Waals surface area contributed by atoms with Crippen molar-refractivity contribution in [2.45, 2.75) is 104 Å². The minimum atomic E-state index is -1.65. The van der Waals surface area contributed by atoms with Crippen LogP contribution in [-0.2, 0) is 47.3 Å². The van der Waals surface area contributed by atoms with Crippen LogP contribution in [0, 0.1) is 53.8 Å². The van der Waals surface area contributed by atoms with E-state index in [2.05, 4.69) is 39.1 Å². The third kappa shape index (κ3) is 29.3. The fourth-order valence-corrected chi connectivity index (χ4v) is 8.17. The lowest BCUT2D eigenvalue weighted by Crippen LogP contribution is -2.34. The van der Waals surface area contributed by atoms with Gasteiger partial charge in [-0.25, -0.2) is 4.67 Å². The Morgan fingerprint density at radius 3 is 1.68 bits per heavy atom. The zero-order chi connectivity index (χ0) is 48.7. The van der Waals surface area contributed by atoms with E-state index < -0.39 is 13.9 Å². The number of rotatable bonds is 42. The Hall–Kier alpha value is -4.42. The number of carbonyl (C=O) groups is 4. The Balaban J connectivity index is 3.36. The second-order valence-corrected chi connectivity index (χ2v) is 17.1. The molecule has 0 saturated carbocycles. The molecule has 2 N–H and O–H groups in total. The van der Waals surface area contributed by atoms with Gasteiger partial charge in [0.1, 0.15) is 31.4 Å². The van der Waals surface area contributed by atoms with Crippen molar-refractivity contribution in [2.24, 2.45) is 5.41 Å². The molecule has 2 amide bonds. The van der Waals surface area contributed by atoms with Crippen molar-refractivity contribution in [3.63, 3.8) is 0 Å². The fourth-order valence-electron chi connectivity index (χ4n) is 6.60. The van der Waals surface area contributed by atoms with Crippen molar-refractivity contribution in [3.05, 3.63) is 29.8 Å². The largest absolute Gasteiger partial charge is 0.436 e. The third-order valence-electron chi connectivity index (χ3n) is 9.79. The first-order chi connectivity index (χ1) is 31.9. The third-order valence-corrected chi connectivity index (χ3v) is 11.9. The molecule has 17 heteroatoms. The normalized spacial score (nSPS) is 11.7. The predicted octanol–water partition coefficient (Wildman–Crippen LogP) is 5.82. The lowest BCUT2D eigenvalue weighted by molar-refractivity contribution is -0.122. The van der Waals surface area contributed by atoms with Crippen LogP contribution in [-0.4, -0.2) is 139 Å². The summed E-state index contributed by atoms with van der Waals surface area (Å²) in [6.07, 6.45) is 17.4. The van der Waals surface area contributed by atoms with E-state index in [0.717, 1.165) is 0 Å². The van der Waals surface area contributed by atoms with E-state index in [1.807, 2.05) is 27.7 Å². The van der Waals surface area contributed by atoms with E-state index in [1.165, 1.54) is 0 Å². The summed E-state index contributed by atoms with van der Waals surface area (Å²) in [7, 11) is -1.65. The molecule has 0 bridgehead atoms. The van der Waals surface area contributed by atoms with Gasteiger partial charge in [-0.15, -0.1) is 19.3 Å². The van der Waals surface area contributed by atoms with Gasteiger partial charge >= 0.3 is 8.53 Å². The molecule has 1 atom stereocenters. The molecule has 0 heterocycles. The van der Waals surface area contributed by atoms with Gasteiger partial charge in [0.25, 0.3) is 0 Å². The summed E-state index contributed by atoms with van der Waals surface area (Å²) < 4.78 is 46.9. The molecule has 1 aromatic rings. The molecule has 0 saturated heterocycles. The summed E-state index contributed by atoms with van der Waals surface area (Å²) >= 11 is 0. The average molecular weight is 941 g/mol. The molecule has 1 aromatic carbocycles. The van der Waals surface area contributed by atoms with Crippen LogP contribution in [0.15, 0.2) is 24.3 Å². The van der Waals surface area contributed by atoms with Crippen LogP contribution in [0.3, 0.4) is 0 Å². The summed E-state index contributed by atoms with van der Waals surface area (Å²) in [6.45, 7) is 12.2. The number of Topliss-reactive ketones (excluding diaryl/α,β-unsaturated/α-hetero) is 2. The molecule has 1 rings (SSSR count). The number of terminal acetylenes is 3. The Labute approximate surface area is 395 Å². The van der Waals surface area contributed by atoms with Crippen LogP contribution in [0.25, 0.3) is 0 Å². The van der Waals surface area contributed by atoms with Crippen molar-refractivity contribution < 1.29 is 56.6 Å². The first-order valence-electron chi connectivity index (χ1n) is 22.6. The van der Waals surface area contributed by atoms with Crippen molar-refractivity contribution in [1.29, 1.82) is 5.26 Å². The summed E-state index contributed by atoms with van der Waals surface area (Å²) in [5.41, 5.74) is -0.572. The molecular formula is C49H73N4O12P. The Morgan fingerprint density at radius 2 is 1.18 bits per heavy atom. The van der Waals surface area contributed by atoms with Crippen molar-refractivity contribution >= 4 is 31.9 Å². The summed E-state index contributed by atoms with van der Waals surface area (Å²) in [5.74, 6) is 6.79. The van der Waals surface area contributed by atoms with E-state index in [0.29, 0.717) is 64.0 Å². The minimum Gasteiger partial charge on any atom is -0.436 e. The maximum Gasteiger partial charge on any atom is 0.321 e. The van der Waals surface area contributed by atoms with Crippen molar-refractivity contribution in [3.8, 4) is 48.9 Å². The van der Waals surface area contributed by atoms with Crippen LogP contribution in [0.2, 0.25) is 0 Å². The smallest absolute Gasteiger partial charge is 0.321 e. The quantitative estimate of drug-likeness (QED) is 0.0345. The van der Waals surface area contributed by atoms with E-state index in [4.69, 9.17) is 62.0 Å². The molecule has 0 aliphatic rings. The Kier molecular flexibility index (Phi) is 34.9. The summed E-state index contributed by atoms with van der Waals surface area (Å²) in [6, 6.07) is 9.04. The van der Waals surface area contributed by atoms with E-state index >= 15 is 0 Å². The molecule has 0 aliphatic carbocycles. The number of hydrogen-bond donors (Lipinski definition) is 2. The van der Waals surface area contributed by atoms with Crippen LogP contribution < -0.4 is 15.2 Å². The summed E-state index contributed by atoms with van der Waals surface area (Å²) in [5, 5.41) is 14.9. The monoisotopic (exact) mass is 940 g/mol. The van der Waals surface area contributed by atoms with Gasteiger partial charge in [-0.05, 0) is 70.9 Å². The minimum absolute atomic E-state index is 0.0281. The van der Waals surface area contributed by atoms with Crippen LogP contribution in [0.4, 0.5) is 0 Å². The number of nitriles is 1. The highest BCUT2D eigenvalue weighted by molar-refractivity contribution is 7.45. The number of nitrogens with zero attached hydrogens (tertiary/aromatic N) is 2. The first-order valence-corrected chi connectivity index (χ1v) is 23.8. The number of benzene rings is 1. The topological polar surface area (TPSA) is 193 Å². The lowest BCUT2D eigenvalue weighted by Gasteiger charge is -2.35. The molecule has 1 unspecified atom stereocenters. The molecule has 366 valence electrons. The maximum absolute atomic E-state index is 14.5. The Morgan fingerprint density at radius 1 is 0.682 bits per heavy atom. The first kappa shape index (κ1) is 59.6. The van der Waals surface area contributed by atoms with Crippen LogP contribution in [0.1, 0.15) is 102 Å². The number of hydrogen-bond acceptors (Lipinski definition) is 14. The molecular weight excluding hydrogens is 868 g/mol. The molecule has 0 aromatic heterocycles. The van der Waals surface area contributed by atoms with Gasteiger partial charge in [0, 0.05) is 69.4 Å². The molecule has 0 fully saturated rings. The molecule has 16 nitrogen and oxygen atoms in total. The zero-order valence-corrected chi connectivity index (χ0v) is 40.5. The number of ketones is 2. The number of ether oxygens (including phenoxy) is 6. The molecule has 0 radical (unpaired) electrons. The highest BCUT2D eigenvalue weighted by atomic mass is 31.2. The standard InChI is InChI=1S/C49H73N4O12P/c1-8-26-58-33-36-61-29-12-15-44(54)17-20-49(21-18-47(56)51-24-31-62-37-34-59-27-9-2,22-19-48(57)52-25-32-63-38-35-60-28-10-3)40-46(55)43-14-11-16-45(39-43)65-66(64-30-13-23-50)53(41(4)5)42(6)7/h1-3,11,14,16,39,41-42H,12-13,15,17-22,24-38,40H2,4-7H3,(H,51,56)(H,52,57). The molecule has 0 aliphatic heterocycles. The van der Waals surface area contributed by atoms with Crippen LogP contribution in [0.5, 0.6) is 5.75 Å². The van der Waals surface area contributed by atoms with Crippen LogP contribution >= 0.6 is 8.53 Å². The SMILES string of the molecule is C#CCOCCOCCCC(=O)CCC(CCC(=O)NCCOCCOCC#C)(CCC(=O)NCCOCCOCC#C)CC(=O)c1cccc(OP(OCCC#N)N(C(C)C)C(C)C)c1. The van der Waals surface area contributed by atoms with Gasteiger partial charge in [-0.1, -0.05) is 29.9 Å². The highest BCUT2D eigenvalue weighted by Crippen LogP contribution is 2.47. The van der Waals surface area contributed by atoms with Crippen molar-refractivity contribution in [2.75, 3.05) is 99.0 Å². The predicted molar refractivity (Wildman–Crippen MR) is 253 cm³/mol. The van der Waals surface area contributed by atoms with E-state index in [-0.39, 0.29) is 146 Å². The van der Waals surface area contributed by atoms with Crippen molar-refractivity contribution in [1.82, 2.24) is 15.3 Å². The van der Waals surface area contributed by atoms with Gasteiger partial charge in [0.15, 0.2) is 5.78 Å². The second kappa shape index (κ2) is 38.7. The van der Waals surface area contributed by atoms with Gasteiger partial charge < -0.3 is 48.1 Å². The molecule has 66 heavy (non-hydrogen) atoms. The number of amides is 2. The van der Waals surface area contributed by atoms with Gasteiger partial charge in [0.05, 0.1) is 72.0 Å². The van der Waals surface area contributed by atoms with Gasteiger partial charge in [-0.2, -0.15) is 5.26 Å².